The molecule has 1 fully saturated rings. The molecule has 2 aliphatic heterocycles. The number of carbonyl (C=O) groups excluding carboxylic acids is 2. The number of amides is 2. The lowest BCUT2D eigenvalue weighted by Crippen LogP contribution is -2.50. The van der Waals surface area contributed by atoms with Gasteiger partial charge in [0, 0.05) is 12.0 Å². The Balaban J connectivity index is 1.35. The summed E-state index contributed by atoms with van der Waals surface area (Å²) in [7, 11) is 0. The lowest BCUT2D eigenvalue weighted by molar-refractivity contribution is -0.137. The molecule has 1 atom stereocenters. The summed E-state index contributed by atoms with van der Waals surface area (Å²) in [6, 6.07) is 11.3. The van der Waals surface area contributed by atoms with Crippen LogP contribution in [-0.2, 0) is 21.4 Å². The molecule has 1 aliphatic carbocycles. The first-order valence-electron chi connectivity index (χ1n) is 11.7. The van der Waals surface area contributed by atoms with E-state index in [0.29, 0.717) is 25.5 Å². The molecule has 5 rings (SSSR count). The molecule has 0 aromatic heterocycles. The van der Waals surface area contributed by atoms with Crippen molar-refractivity contribution in [3.63, 3.8) is 0 Å². The second kappa shape index (κ2) is 8.61. The lowest BCUT2D eigenvalue weighted by atomic mass is 9.71. The zero-order chi connectivity index (χ0) is 23.0. The van der Waals surface area contributed by atoms with E-state index in [1.807, 2.05) is 4.90 Å². The molecule has 0 bridgehead atoms. The van der Waals surface area contributed by atoms with Crippen molar-refractivity contribution in [1.82, 2.24) is 4.90 Å². The van der Waals surface area contributed by atoms with Crippen LogP contribution in [0.5, 0.6) is 17.2 Å². The highest BCUT2D eigenvalue weighted by atomic mass is 16.6. The predicted molar refractivity (Wildman–Crippen MR) is 123 cm³/mol. The van der Waals surface area contributed by atoms with Crippen LogP contribution in [0.25, 0.3) is 0 Å². The Labute approximate surface area is 193 Å². The highest BCUT2D eigenvalue weighted by Gasteiger charge is 2.46. The second-order valence-corrected chi connectivity index (χ2v) is 9.34. The van der Waals surface area contributed by atoms with E-state index in [2.05, 4.69) is 19.1 Å². The van der Waals surface area contributed by atoms with Crippen LogP contribution in [0.1, 0.15) is 55.3 Å². The average Bonchev–Trinajstić information content (AvgIpc) is 3.29. The lowest BCUT2D eigenvalue weighted by Gasteiger charge is -2.46. The standard InChI is InChI=1S/C26H30N2O5/c1-17-20-13-22-23(32-11-10-31-22)14-21(20)26(8-2-3-9-26)16-28(17)25(30)15-33-19-6-4-18(5-7-19)12-24(27)29/h4-7,13-14,17H,2-3,8-12,15-16H2,1H3,(H2,27,29). The summed E-state index contributed by atoms with van der Waals surface area (Å²) in [5, 5.41) is 0. The van der Waals surface area contributed by atoms with E-state index in [1.165, 1.54) is 18.4 Å². The maximum Gasteiger partial charge on any atom is 0.261 e. The van der Waals surface area contributed by atoms with Gasteiger partial charge in [-0.15, -0.1) is 0 Å². The number of carbonyl (C=O) groups is 2. The molecule has 0 saturated heterocycles. The molecular formula is C26H30N2O5. The minimum Gasteiger partial charge on any atom is -0.486 e. The molecule has 7 heteroatoms. The quantitative estimate of drug-likeness (QED) is 0.755. The summed E-state index contributed by atoms with van der Waals surface area (Å²) >= 11 is 0. The SMILES string of the molecule is CC1c2cc3c(cc2C2(CCCC2)CN1C(=O)COc1ccc(CC(N)=O)cc1)OCCO3. The first-order valence-corrected chi connectivity index (χ1v) is 11.7. The monoisotopic (exact) mass is 450 g/mol. The molecule has 1 spiro atoms. The van der Waals surface area contributed by atoms with Gasteiger partial charge in [0.15, 0.2) is 18.1 Å². The molecule has 0 radical (unpaired) electrons. The summed E-state index contributed by atoms with van der Waals surface area (Å²) in [5.74, 6) is 1.77. The molecule has 2 N–H and O–H groups in total. The van der Waals surface area contributed by atoms with E-state index >= 15 is 0 Å². The Bertz CT molecular complexity index is 1060. The van der Waals surface area contributed by atoms with Crippen molar-refractivity contribution < 1.29 is 23.8 Å². The molecule has 3 aliphatic rings. The molecule has 2 aromatic carbocycles. The number of fused-ring (bicyclic) bond motifs is 3. The van der Waals surface area contributed by atoms with Gasteiger partial charge < -0.3 is 24.8 Å². The van der Waals surface area contributed by atoms with Gasteiger partial charge in [0.25, 0.3) is 5.91 Å². The number of nitrogens with two attached hydrogens (primary N) is 1. The fourth-order valence-electron chi connectivity index (χ4n) is 5.54. The minimum absolute atomic E-state index is 0.0319. The molecule has 2 amide bonds. The smallest absolute Gasteiger partial charge is 0.261 e. The molecule has 174 valence electrons. The Kier molecular flexibility index (Phi) is 5.64. The molecule has 2 heterocycles. The number of nitrogens with zero attached hydrogens (tertiary/aromatic N) is 1. The van der Waals surface area contributed by atoms with Crippen molar-refractivity contribution in [1.29, 1.82) is 0 Å². The normalized spacial score (nSPS) is 20.4. The third kappa shape index (κ3) is 4.12. The third-order valence-corrected chi connectivity index (χ3v) is 7.22. The molecule has 2 aromatic rings. The van der Waals surface area contributed by atoms with E-state index < -0.39 is 0 Å². The predicted octanol–water partition coefficient (Wildman–Crippen LogP) is 3.28. The highest BCUT2D eigenvalue weighted by Crippen LogP contribution is 2.51. The molecule has 1 saturated carbocycles. The van der Waals surface area contributed by atoms with Gasteiger partial charge in [-0.2, -0.15) is 0 Å². The van der Waals surface area contributed by atoms with Crippen LogP contribution in [0.4, 0.5) is 0 Å². The highest BCUT2D eigenvalue weighted by molar-refractivity contribution is 5.79. The topological polar surface area (TPSA) is 91.1 Å². The number of benzene rings is 2. The molecule has 33 heavy (non-hydrogen) atoms. The maximum absolute atomic E-state index is 13.3. The van der Waals surface area contributed by atoms with Gasteiger partial charge in [-0.05, 0) is 60.7 Å². The maximum atomic E-state index is 13.3. The zero-order valence-corrected chi connectivity index (χ0v) is 19.0. The second-order valence-electron chi connectivity index (χ2n) is 9.34. The van der Waals surface area contributed by atoms with Crippen LogP contribution in [0.2, 0.25) is 0 Å². The Morgan fingerprint density at radius 1 is 1.09 bits per heavy atom. The zero-order valence-electron chi connectivity index (χ0n) is 19.0. The van der Waals surface area contributed by atoms with Crippen LogP contribution in [0.3, 0.4) is 0 Å². The fourth-order valence-corrected chi connectivity index (χ4v) is 5.54. The van der Waals surface area contributed by atoms with Crippen molar-refractivity contribution in [2.45, 2.75) is 50.5 Å². The van der Waals surface area contributed by atoms with Crippen LogP contribution in [-0.4, -0.2) is 43.1 Å². The van der Waals surface area contributed by atoms with Crippen LogP contribution in [0.15, 0.2) is 36.4 Å². The number of hydrogen-bond acceptors (Lipinski definition) is 5. The van der Waals surface area contributed by atoms with Crippen LogP contribution in [0, 0.1) is 0 Å². The van der Waals surface area contributed by atoms with Crippen molar-refractivity contribution in [2.24, 2.45) is 5.73 Å². The van der Waals surface area contributed by atoms with Gasteiger partial charge in [0.1, 0.15) is 19.0 Å². The van der Waals surface area contributed by atoms with E-state index in [9.17, 15) is 9.59 Å². The van der Waals surface area contributed by atoms with Crippen molar-refractivity contribution >= 4 is 11.8 Å². The first kappa shape index (κ1) is 21.6. The van der Waals surface area contributed by atoms with Gasteiger partial charge in [0.2, 0.25) is 5.91 Å². The number of ether oxygens (including phenoxy) is 3. The van der Waals surface area contributed by atoms with Gasteiger partial charge in [-0.25, -0.2) is 0 Å². The molecule has 1 unspecified atom stereocenters. The summed E-state index contributed by atoms with van der Waals surface area (Å²) < 4.78 is 17.5. The minimum atomic E-state index is -0.378. The van der Waals surface area contributed by atoms with Crippen LogP contribution < -0.4 is 19.9 Å². The van der Waals surface area contributed by atoms with Gasteiger partial charge >= 0.3 is 0 Å². The van der Waals surface area contributed by atoms with Crippen molar-refractivity contribution in [2.75, 3.05) is 26.4 Å². The van der Waals surface area contributed by atoms with Crippen LogP contribution >= 0.6 is 0 Å². The summed E-state index contributed by atoms with van der Waals surface area (Å²) in [4.78, 5) is 26.4. The Morgan fingerprint density at radius 2 is 1.76 bits per heavy atom. The van der Waals surface area contributed by atoms with Gasteiger partial charge in [-0.3, -0.25) is 9.59 Å². The summed E-state index contributed by atoms with van der Waals surface area (Å²) in [5.41, 5.74) is 8.49. The van der Waals surface area contributed by atoms with Gasteiger partial charge in [0.05, 0.1) is 12.5 Å². The summed E-state index contributed by atoms with van der Waals surface area (Å²) in [6.07, 6.45) is 4.65. The van der Waals surface area contributed by atoms with Crippen molar-refractivity contribution in [3.8, 4) is 17.2 Å². The fraction of sp³-hybridized carbons (Fsp3) is 0.462. The van der Waals surface area contributed by atoms with E-state index in [4.69, 9.17) is 19.9 Å². The van der Waals surface area contributed by atoms with E-state index in [-0.39, 0.29) is 36.3 Å². The third-order valence-electron chi connectivity index (χ3n) is 7.22. The first-order chi connectivity index (χ1) is 15.9. The van der Waals surface area contributed by atoms with Crippen molar-refractivity contribution in [3.05, 3.63) is 53.1 Å². The molecule has 7 nitrogen and oxygen atoms in total. The largest absolute Gasteiger partial charge is 0.486 e. The Hall–Kier alpha value is -3.22. The van der Waals surface area contributed by atoms with Gasteiger partial charge in [-0.1, -0.05) is 25.0 Å². The van der Waals surface area contributed by atoms with E-state index in [1.54, 1.807) is 24.3 Å². The number of rotatable bonds is 5. The number of primary amides is 1. The Morgan fingerprint density at radius 3 is 2.42 bits per heavy atom. The average molecular weight is 451 g/mol. The molecular weight excluding hydrogens is 420 g/mol. The van der Waals surface area contributed by atoms with E-state index in [0.717, 1.165) is 35.5 Å². The number of hydrogen-bond donors (Lipinski definition) is 1. The summed E-state index contributed by atoms with van der Waals surface area (Å²) in [6.45, 7) is 3.85.